The lowest BCUT2D eigenvalue weighted by atomic mass is 10.1. The maximum absolute atomic E-state index is 12.8. The number of benzene rings is 1. The second-order valence-corrected chi connectivity index (χ2v) is 4.77. The minimum Gasteiger partial charge on any atom is -0.331 e. The molecule has 2 rings (SSSR count). The van der Waals surface area contributed by atoms with Crippen molar-refractivity contribution < 1.29 is 9.18 Å². The van der Waals surface area contributed by atoms with Crippen molar-refractivity contribution in [1.82, 2.24) is 14.7 Å². The smallest absolute Gasteiger partial charge is 0.321 e. The Morgan fingerprint density at radius 2 is 2.05 bits per heavy atom. The zero-order chi connectivity index (χ0) is 13.8. The van der Waals surface area contributed by atoms with Crippen molar-refractivity contribution in [1.29, 1.82) is 0 Å². The number of aromatic nitrogens is 2. The molecular formula is C12H13FN4OS. The average molecular weight is 280 g/mol. The van der Waals surface area contributed by atoms with Gasteiger partial charge in [-0.3, -0.25) is 5.32 Å². The highest BCUT2D eigenvalue weighted by Crippen LogP contribution is 2.14. The van der Waals surface area contributed by atoms with E-state index in [0.717, 1.165) is 17.1 Å². The van der Waals surface area contributed by atoms with E-state index in [-0.39, 0.29) is 17.9 Å². The van der Waals surface area contributed by atoms with Gasteiger partial charge in [0.05, 0.1) is 6.04 Å². The molecule has 0 saturated heterocycles. The van der Waals surface area contributed by atoms with Crippen LogP contribution in [0, 0.1) is 12.7 Å². The first-order chi connectivity index (χ1) is 9.04. The summed E-state index contributed by atoms with van der Waals surface area (Å²) in [6.07, 6.45) is 0. The van der Waals surface area contributed by atoms with Crippen LogP contribution in [0.2, 0.25) is 0 Å². The lowest BCUT2D eigenvalue weighted by Gasteiger charge is -2.14. The largest absolute Gasteiger partial charge is 0.331 e. The number of carbonyl (C=O) groups is 1. The molecule has 1 atom stereocenters. The molecule has 19 heavy (non-hydrogen) atoms. The maximum atomic E-state index is 12.8. The number of rotatable bonds is 3. The molecule has 2 N–H and O–H groups in total. The van der Waals surface area contributed by atoms with Crippen LogP contribution in [-0.4, -0.2) is 15.4 Å². The zero-order valence-corrected chi connectivity index (χ0v) is 11.3. The third-order valence-corrected chi connectivity index (χ3v) is 3.19. The number of hydrogen-bond acceptors (Lipinski definition) is 4. The van der Waals surface area contributed by atoms with E-state index in [4.69, 9.17) is 0 Å². The molecule has 2 aromatic rings. The van der Waals surface area contributed by atoms with Crippen molar-refractivity contribution in [3.8, 4) is 0 Å². The van der Waals surface area contributed by atoms with Gasteiger partial charge in [-0.1, -0.05) is 12.1 Å². The van der Waals surface area contributed by atoms with E-state index in [1.807, 2.05) is 6.92 Å². The third kappa shape index (κ3) is 3.72. The standard InChI is InChI=1S/C12H13FN4OS/c1-7(9-3-5-10(13)6-4-9)14-11(18)16-12-15-8(2)17-19-12/h3-7H,1-2H3,(H2,14,15,16,17,18). The number of halogens is 1. The fourth-order valence-corrected chi connectivity index (χ4v) is 2.08. The quantitative estimate of drug-likeness (QED) is 0.908. The number of carbonyl (C=O) groups excluding carboxylic acids is 1. The monoisotopic (exact) mass is 280 g/mol. The van der Waals surface area contributed by atoms with Crippen LogP contribution < -0.4 is 10.6 Å². The minimum absolute atomic E-state index is 0.227. The highest BCUT2D eigenvalue weighted by molar-refractivity contribution is 7.09. The minimum atomic E-state index is -0.368. The molecule has 0 aliphatic carbocycles. The van der Waals surface area contributed by atoms with Crippen LogP contribution in [0.3, 0.4) is 0 Å². The van der Waals surface area contributed by atoms with Gasteiger partial charge in [0.1, 0.15) is 11.6 Å². The summed E-state index contributed by atoms with van der Waals surface area (Å²) < 4.78 is 16.8. The number of urea groups is 1. The first kappa shape index (κ1) is 13.4. The van der Waals surface area contributed by atoms with E-state index in [0.29, 0.717) is 11.0 Å². The highest BCUT2D eigenvalue weighted by Gasteiger charge is 2.11. The van der Waals surface area contributed by atoms with Crippen LogP contribution in [0.1, 0.15) is 24.4 Å². The molecule has 0 aliphatic rings. The average Bonchev–Trinajstić information content (AvgIpc) is 2.75. The van der Waals surface area contributed by atoms with Crippen LogP contribution in [0.25, 0.3) is 0 Å². The van der Waals surface area contributed by atoms with Gasteiger partial charge in [0.2, 0.25) is 5.13 Å². The molecule has 1 aromatic heterocycles. The van der Waals surface area contributed by atoms with Crippen molar-refractivity contribution >= 4 is 22.7 Å². The molecule has 0 fully saturated rings. The highest BCUT2D eigenvalue weighted by atomic mass is 32.1. The van der Waals surface area contributed by atoms with E-state index in [1.165, 1.54) is 12.1 Å². The van der Waals surface area contributed by atoms with Crippen LogP contribution >= 0.6 is 11.5 Å². The molecule has 1 unspecified atom stereocenters. The normalized spacial score (nSPS) is 11.9. The number of amides is 2. The Morgan fingerprint density at radius 3 is 2.63 bits per heavy atom. The van der Waals surface area contributed by atoms with Gasteiger partial charge in [0.15, 0.2) is 0 Å². The summed E-state index contributed by atoms with van der Waals surface area (Å²) in [4.78, 5) is 15.7. The van der Waals surface area contributed by atoms with Gasteiger partial charge in [-0.15, -0.1) is 0 Å². The van der Waals surface area contributed by atoms with Crippen molar-refractivity contribution in [3.63, 3.8) is 0 Å². The van der Waals surface area contributed by atoms with Crippen molar-refractivity contribution in [3.05, 3.63) is 41.5 Å². The molecule has 0 bridgehead atoms. The number of nitrogens with one attached hydrogen (secondary N) is 2. The van der Waals surface area contributed by atoms with E-state index >= 15 is 0 Å². The Labute approximate surface area is 114 Å². The molecule has 5 nitrogen and oxygen atoms in total. The topological polar surface area (TPSA) is 66.9 Å². The van der Waals surface area contributed by atoms with Gasteiger partial charge >= 0.3 is 6.03 Å². The molecule has 100 valence electrons. The van der Waals surface area contributed by atoms with E-state index in [9.17, 15) is 9.18 Å². The zero-order valence-electron chi connectivity index (χ0n) is 10.5. The van der Waals surface area contributed by atoms with Gasteiger partial charge < -0.3 is 5.32 Å². The predicted octanol–water partition coefficient (Wildman–Crippen LogP) is 2.87. The molecule has 0 spiro atoms. The van der Waals surface area contributed by atoms with E-state index < -0.39 is 0 Å². The molecule has 0 saturated carbocycles. The number of aryl methyl sites for hydroxylation is 1. The summed E-state index contributed by atoms with van der Waals surface area (Å²) in [6, 6.07) is 5.40. The second-order valence-electron chi connectivity index (χ2n) is 4.02. The van der Waals surface area contributed by atoms with Crippen molar-refractivity contribution in [2.24, 2.45) is 0 Å². The Hall–Kier alpha value is -2.02. The summed E-state index contributed by atoms with van der Waals surface area (Å²) in [7, 11) is 0. The first-order valence-electron chi connectivity index (χ1n) is 5.68. The Morgan fingerprint density at radius 1 is 1.37 bits per heavy atom. The fraction of sp³-hybridized carbons (Fsp3) is 0.250. The summed E-state index contributed by atoms with van der Waals surface area (Å²) in [5, 5.41) is 5.78. The molecular weight excluding hydrogens is 267 g/mol. The second kappa shape index (κ2) is 5.75. The molecule has 1 aromatic carbocycles. The van der Waals surface area contributed by atoms with Gasteiger partial charge in [0.25, 0.3) is 0 Å². The molecule has 0 aliphatic heterocycles. The predicted molar refractivity (Wildman–Crippen MR) is 71.6 cm³/mol. The summed E-state index contributed by atoms with van der Waals surface area (Å²) in [6.45, 7) is 3.57. The van der Waals surface area contributed by atoms with Crippen LogP contribution in [0.5, 0.6) is 0 Å². The lowest BCUT2D eigenvalue weighted by molar-refractivity contribution is 0.249. The van der Waals surface area contributed by atoms with Crippen molar-refractivity contribution in [2.75, 3.05) is 5.32 Å². The SMILES string of the molecule is Cc1nsc(NC(=O)NC(C)c2ccc(F)cc2)n1. The van der Waals surface area contributed by atoms with Gasteiger partial charge in [-0.25, -0.2) is 14.2 Å². The molecule has 1 heterocycles. The number of anilines is 1. The Balaban J connectivity index is 1.93. The molecule has 0 radical (unpaired) electrons. The fourth-order valence-electron chi connectivity index (χ4n) is 1.51. The maximum Gasteiger partial charge on any atom is 0.321 e. The van der Waals surface area contributed by atoms with E-state index in [2.05, 4.69) is 20.0 Å². The van der Waals surface area contributed by atoms with Crippen LogP contribution in [-0.2, 0) is 0 Å². The van der Waals surface area contributed by atoms with E-state index in [1.54, 1.807) is 19.1 Å². The Bertz CT molecular complexity index is 569. The summed E-state index contributed by atoms with van der Waals surface area (Å²) in [5.74, 6) is 0.316. The van der Waals surface area contributed by atoms with Crippen molar-refractivity contribution in [2.45, 2.75) is 19.9 Å². The first-order valence-corrected chi connectivity index (χ1v) is 6.45. The van der Waals surface area contributed by atoms with Crippen LogP contribution in [0.4, 0.5) is 14.3 Å². The molecule has 2 amide bonds. The van der Waals surface area contributed by atoms with Crippen LogP contribution in [0.15, 0.2) is 24.3 Å². The van der Waals surface area contributed by atoms with Gasteiger partial charge in [0, 0.05) is 11.5 Å². The molecule has 7 heteroatoms. The number of nitrogens with zero attached hydrogens (tertiary/aromatic N) is 2. The Kier molecular flexibility index (Phi) is 4.06. The van der Waals surface area contributed by atoms with Gasteiger partial charge in [-0.05, 0) is 31.5 Å². The lowest BCUT2D eigenvalue weighted by Crippen LogP contribution is -2.31. The van der Waals surface area contributed by atoms with Gasteiger partial charge in [-0.2, -0.15) is 4.37 Å². The number of hydrogen-bond donors (Lipinski definition) is 2. The summed E-state index contributed by atoms with van der Waals surface area (Å²) >= 11 is 1.12. The summed E-state index contributed by atoms with van der Waals surface area (Å²) in [5.41, 5.74) is 0.824. The third-order valence-electron chi connectivity index (χ3n) is 2.47.